The summed E-state index contributed by atoms with van der Waals surface area (Å²) in [7, 11) is 2.98. The Morgan fingerprint density at radius 1 is 1.32 bits per heavy atom. The summed E-state index contributed by atoms with van der Waals surface area (Å²) in [5, 5.41) is 8.61. The number of esters is 1. The summed E-state index contributed by atoms with van der Waals surface area (Å²) < 4.78 is 11.7. The van der Waals surface area contributed by atoms with E-state index in [1.54, 1.807) is 11.8 Å². The molecule has 0 amide bonds. The maximum absolute atomic E-state index is 11.8. The fraction of sp³-hybridized carbons (Fsp3) is 0.312. The van der Waals surface area contributed by atoms with Gasteiger partial charge in [0, 0.05) is 6.07 Å². The van der Waals surface area contributed by atoms with Crippen molar-refractivity contribution < 1.29 is 14.3 Å². The molecule has 1 aromatic carbocycles. The van der Waals surface area contributed by atoms with E-state index in [9.17, 15) is 4.79 Å². The number of carbonyl (C=O) groups excluding carboxylic acids is 1. The summed E-state index contributed by atoms with van der Waals surface area (Å²) in [5.74, 6) is 0.418. The second-order valence-corrected chi connectivity index (χ2v) is 6.28. The number of ether oxygens (including phenoxy) is 2. The number of carbonyl (C=O) groups is 1. The molecule has 0 aliphatic carbocycles. The van der Waals surface area contributed by atoms with E-state index >= 15 is 0 Å². The molecule has 0 bridgehead atoms. The highest BCUT2D eigenvalue weighted by molar-refractivity contribution is 8.00. The highest BCUT2D eigenvalue weighted by Crippen LogP contribution is 2.29. The van der Waals surface area contributed by atoms with Crippen molar-refractivity contribution in [1.29, 1.82) is 0 Å². The maximum atomic E-state index is 11.8. The Balaban J connectivity index is 2.01. The van der Waals surface area contributed by atoms with Gasteiger partial charge in [-0.3, -0.25) is 4.79 Å². The number of fused-ring (bicyclic) bond motifs is 1. The van der Waals surface area contributed by atoms with Crippen LogP contribution in [0.25, 0.3) is 16.9 Å². The molecule has 8 nitrogen and oxygen atoms in total. The second-order valence-electron chi connectivity index (χ2n) is 5.09. The molecule has 0 aliphatic rings. The van der Waals surface area contributed by atoms with Gasteiger partial charge >= 0.3 is 5.97 Å². The number of rotatable bonds is 6. The fourth-order valence-corrected chi connectivity index (χ4v) is 3.28. The molecule has 25 heavy (non-hydrogen) atoms. The zero-order valence-corrected chi connectivity index (χ0v) is 14.9. The summed E-state index contributed by atoms with van der Waals surface area (Å²) in [5.41, 5.74) is 1.87. The summed E-state index contributed by atoms with van der Waals surface area (Å²) in [4.78, 5) is 20.4. The first-order chi connectivity index (χ1) is 12.2. The molecule has 0 fully saturated rings. The van der Waals surface area contributed by atoms with Crippen LogP contribution in [0.1, 0.15) is 13.3 Å². The molecule has 2 heterocycles. The zero-order chi connectivity index (χ0) is 17.8. The van der Waals surface area contributed by atoms with Crippen LogP contribution >= 0.6 is 11.8 Å². The summed E-state index contributed by atoms with van der Waals surface area (Å²) >= 11 is 1.30. The first-order valence-electron chi connectivity index (χ1n) is 7.63. The molecule has 0 spiro atoms. The molecule has 0 radical (unpaired) electrons. The van der Waals surface area contributed by atoms with E-state index in [4.69, 9.17) is 9.47 Å². The molecule has 0 unspecified atom stereocenters. The van der Waals surface area contributed by atoms with Crippen molar-refractivity contribution in [2.45, 2.75) is 23.6 Å². The minimum atomic E-state index is -0.356. The molecular formula is C16H17N5O3S. The number of aromatic nitrogens is 5. The van der Waals surface area contributed by atoms with Crippen LogP contribution in [0.4, 0.5) is 0 Å². The Hall–Kier alpha value is -2.68. The standard InChI is InChI=1S/C16H17N5O3S/c1-4-12(16(22)24-3)25-15-13-14(17-9-18-15)21(20-19-13)10-6-5-7-11(8-10)23-2/h5-9,12H,4H2,1-3H3/t12-/m1/s1. The van der Waals surface area contributed by atoms with Gasteiger partial charge in [0.05, 0.1) is 19.9 Å². The SMILES string of the molecule is CC[C@@H](Sc1ncnc2c1nnn2-c1cccc(OC)c1)C(=O)OC. The first kappa shape index (κ1) is 17.2. The van der Waals surface area contributed by atoms with Gasteiger partial charge in [-0.1, -0.05) is 30.0 Å². The van der Waals surface area contributed by atoms with Crippen LogP contribution in [0.5, 0.6) is 5.75 Å². The van der Waals surface area contributed by atoms with Gasteiger partial charge in [-0.25, -0.2) is 9.97 Å². The van der Waals surface area contributed by atoms with Crippen molar-refractivity contribution in [2.24, 2.45) is 0 Å². The molecule has 130 valence electrons. The van der Waals surface area contributed by atoms with Crippen molar-refractivity contribution in [3.63, 3.8) is 0 Å². The fourth-order valence-electron chi connectivity index (χ4n) is 2.29. The number of hydrogen-bond acceptors (Lipinski definition) is 8. The van der Waals surface area contributed by atoms with Crippen LogP contribution in [0, 0.1) is 0 Å². The predicted octanol–water partition coefficient (Wildman–Crippen LogP) is 2.26. The van der Waals surface area contributed by atoms with Crippen LogP contribution in [0.15, 0.2) is 35.6 Å². The molecular weight excluding hydrogens is 342 g/mol. The molecule has 0 saturated heterocycles. The van der Waals surface area contributed by atoms with E-state index < -0.39 is 0 Å². The van der Waals surface area contributed by atoms with Gasteiger partial charge in [-0.15, -0.1) is 5.10 Å². The van der Waals surface area contributed by atoms with Crippen molar-refractivity contribution in [3.05, 3.63) is 30.6 Å². The summed E-state index contributed by atoms with van der Waals surface area (Å²) in [6.45, 7) is 1.92. The molecule has 9 heteroatoms. The smallest absolute Gasteiger partial charge is 0.319 e. The predicted molar refractivity (Wildman–Crippen MR) is 93.0 cm³/mol. The Morgan fingerprint density at radius 3 is 2.88 bits per heavy atom. The topological polar surface area (TPSA) is 92.0 Å². The van der Waals surface area contributed by atoms with Crippen LogP contribution in [0.3, 0.4) is 0 Å². The molecule has 3 aromatic rings. The minimum Gasteiger partial charge on any atom is -0.497 e. The maximum Gasteiger partial charge on any atom is 0.319 e. The highest BCUT2D eigenvalue weighted by Gasteiger charge is 2.22. The third-order valence-electron chi connectivity index (χ3n) is 3.59. The van der Waals surface area contributed by atoms with Crippen LogP contribution in [-0.2, 0) is 9.53 Å². The van der Waals surface area contributed by atoms with E-state index in [-0.39, 0.29) is 11.2 Å². The largest absolute Gasteiger partial charge is 0.497 e. The average molecular weight is 359 g/mol. The molecule has 3 rings (SSSR count). The number of benzene rings is 1. The van der Waals surface area contributed by atoms with Gasteiger partial charge in [0.1, 0.15) is 22.4 Å². The monoisotopic (exact) mass is 359 g/mol. The normalized spacial score (nSPS) is 12.1. The van der Waals surface area contributed by atoms with E-state index in [0.29, 0.717) is 28.4 Å². The average Bonchev–Trinajstić information content (AvgIpc) is 3.10. The zero-order valence-electron chi connectivity index (χ0n) is 14.0. The van der Waals surface area contributed by atoms with Crippen molar-refractivity contribution in [1.82, 2.24) is 25.0 Å². The number of hydrogen-bond donors (Lipinski definition) is 0. The third kappa shape index (κ3) is 3.41. The lowest BCUT2D eigenvalue weighted by atomic mass is 10.3. The molecule has 1 atom stereocenters. The summed E-state index contributed by atoms with van der Waals surface area (Å²) in [6.07, 6.45) is 2.06. The van der Waals surface area contributed by atoms with Crippen LogP contribution in [-0.4, -0.2) is 50.4 Å². The van der Waals surface area contributed by atoms with E-state index in [1.807, 2.05) is 31.2 Å². The highest BCUT2D eigenvalue weighted by atomic mass is 32.2. The van der Waals surface area contributed by atoms with E-state index in [1.165, 1.54) is 25.2 Å². The van der Waals surface area contributed by atoms with Gasteiger partial charge < -0.3 is 9.47 Å². The lowest BCUT2D eigenvalue weighted by molar-refractivity contribution is -0.140. The quantitative estimate of drug-likeness (QED) is 0.376. The Morgan fingerprint density at radius 2 is 2.16 bits per heavy atom. The lowest BCUT2D eigenvalue weighted by Gasteiger charge is -2.11. The third-order valence-corrected chi connectivity index (χ3v) is 4.92. The van der Waals surface area contributed by atoms with Crippen molar-refractivity contribution in [3.8, 4) is 11.4 Å². The minimum absolute atomic E-state index is 0.292. The summed E-state index contributed by atoms with van der Waals surface area (Å²) in [6, 6.07) is 7.44. The number of thioether (sulfide) groups is 1. The van der Waals surface area contributed by atoms with Crippen LogP contribution in [0.2, 0.25) is 0 Å². The first-order valence-corrected chi connectivity index (χ1v) is 8.51. The molecule has 2 aromatic heterocycles. The Labute approximate surface area is 148 Å². The van der Waals surface area contributed by atoms with Gasteiger partial charge in [-0.2, -0.15) is 4.68 Å². The van der Waals surface area contributed by atoms with Gasteiger partial charge in [0.15, 0.2) is 11.2 Å². The Kier molecular flexibility index (Phi) is 5.13. The Bertz CT molecular complexity index is 898. The van der Waals surface area contributed by atoms with Crippen molar-refractivity contribution >= 4 is 28.9 Å². The molecule has 0 saturated carbocycles. The van der Waals surface area contributed by atoms with E-state index in [2.05, 4.69) is 20.3 Å². The van der Waals surface area contributed by atoms with Gasteiger partial charge in [-0.05, 0) is 18.6 Å². The van der Waals surface area contributed by atoms with Gasteiger partial charge in [0.25, 0.3) is 0 Å². The van der Waals surface area contributed by atoms with Crippen LogP contribution < -0.4 is 4.74 Å². The lowest BCUT2D eigenvalue weighted by Crippen LogP contribution is -2.17. The number of methoxy groups -OCH3 is 2. The molecule has 0 aliphatic heterocycles. The van der Waals surface area contributed by atoms with Crippen molar-refractivity contribution in [2.75, 3.05) is 14.2 Å². The second kappa shape index (κ2) is 7.47. The van der Waals surface area contributed by atoms with E-state index in [0.717, 1.165) is 5.69 Å². The van der Waals surface area contributed by atoms with Gasteiger partial charge in [0.2, 0.25) is 0 Å². The number of nitrogens with zero attached hydrogens (tertiary/aromatic N) is 5. The molecule has 0 N–H and O–H groups in total.